The van der Waals surface area contributed by atoms with Crippen molar-refractivity contribution in [2.45, 2.75) is 12.5 Å². The number of hydrogen-bond acceptors (Lipinski definition) is 9. The summed E-state index contributed by atoms with van der Waals surface area (Å²) in [7, 11) is 2.44. The molecule has 3 N–H and O–H groups in total. The molecule has 1 atom stereocenters. The fraction of sp³-hybridized carbons (Fsp3) is 0.211. The van der Waals surface area contributed by atoms with Gasteiger partial charge < -0.3 is 29.5 Å². The third kappa shape index (κ3) is 3.23. The van der Waals surface area contributed by atoms with Crippen LogP contribution in [0.25, 0.3) is 0 Å². The topological polar surface area (TPSA) is 138 Å². The Labute approximate surface area is 158 Å². The molecule has 2 heterocycles. The quantitative estimate of drug-likeness (QED) is 0.729. The lowest BCUT2D eigenvalue weighted by atomic mass is 9.86. The number of fused-ring (bicyclic) bond motifs is 1. The predicted octanol–water partition coefficient (Wildman–Crippen LogP) is 0.786. The van der Waals surface area contributed by atoms with E-state index in [2.05, 4.69) is 4.74 Å². The molecule has 9 nitrogen and oxygen atoms in total. The molecule has 0 unspecified atom stereocenters. The maximum atomic E-state index is 12.3. The molecule has 2 aromatic rings. The molecular formula is C19H17NO8. The molecule has 146 valence electrons. The van der Waals surface area contributed by atoms with Crippen LogP contribution in [0.15, 0.2) is 51.0 Å². The molecule has 0 fully saturated rings. The maximum absolute atomic E-state index is 12.3. The lowest BCUT2D eigenvalue weighted by Crippen LogP contribution is -2.29. The fourth-order valence-electron chi connectivity index (χ4n) is 2.93. The highest BCUT2D eigenvalue weighted by molar-refractivity contribution is 5.92. The summed E-state index contributed by atoms with van der Waals surface area (Å²) in [5.41, 5.74) is 6.03. The zero-order valence-electron chi connectivity index (χ0n) is 15.1. The largest absolute Gasteiger partial charge is 0.465 e. The Bertz CT molecular complexity index is 1020. The Morgan fingerprint density at radius 3 is 2.36 bits per heavy atom. The molecule has 1 aromatic heterocycles. The monoisotopic (exact) mass is 387 g/mol. The van der Waals surface area contributed by atoms with Gasteiger partial charge in [0, 0.05) is 6.07 Å². The Hall–Kier alpha value is -3.59. The number of carbonyl (C=O) groups excluding carboxylic acids is 2. The normalized spacial score (nSPS) is 15.5. The molecule has 3 rings (SSSR count). The van der Waals surface area contributed by atoms with Gasteiger partial charge in [-0.2, -0.15) is 0 Å². The number of ether oxygens (including phenoxy) is 3. The van der Waals surface area contributed by atoms with Gasteiger partial charge in [0.15, 0.2) is 5.76 Å². The van der Waals surface area contributed by atoms with Crippen molar-refractivity contribution in [1.82, 2.24) is 0 Å². The molecule has 0 saturated heterocycles. The van der Waals surface area contributed by atoms with Crippen LogP contribution in [0.1, 0.15) is 33.4 Å². The first-order valence-electron chi connectivity index (χ1n) is 8.13. The minimum absolute atomic E-state index is 0.00281. The summed E-state index contributed by atoms with van der Waals surface area (Å²) in [5.74, 6) is -2.75. The lowest BCUT2D eigenvalue weighted by Gasteiger charge is -2.26. The fourth-order valence-corrected chi connectivity index (χ4v) is 2.93. The number of aliphatic hydroxyl groups is 1. The van der Waals surface area contributed by atoms with E-state index >= 15 is 0 Å². The van der Waals surface area contributed by atoms with Crippen LogP contribution in [-0.2, 0) is 20.9 Å². The van der Waals surface area contributed by atoms with Crippen LogP contribution in [0.4, 0.5) is 0 Å². The molecule has 1 aromatic carbocycles. The number of carbonyl (C=O) groups is 2. The van der Waals surface area contributed by atoms with Gasteiger partial charge in [-0.3, -0.25) is 4.79 Å². The van der Waals surface area contributed by atoms with Crippen LogP contribution in [-0.4, -0.2) is 31.3 Å². The predicted molar refractivity (Wildman–Crippen MR) is 94.4 cm³/mol. The number of esters is 2. The Balaban J connectivity index is 2.22. The molecule has 0 bridgehead atoms. The van der Waals surface area contributed by atoms with Crippen molar-refractivity contribution < 1.29 is 33.3 Å². The van der Waals surface area contributed by atoms with Crippen LogP contribution in [0, 0.1) is 0 Å². The van der Waals surface area contributed by atoms with Crippen molar-refractivity contribution in [3.05, 3.63) is 74.7 Å². The molecule has 0 aliphatic carbocycles. The van der Waals surface area contributed by atoms with Crippen molar-refractivity contribution >= 4 is 11.9 Å². The van der Waals surface area contributed by atoms with Crippen molar-refractivity contribution in [2.75, 3.05) is 14.2 Å². The van der Waals surface area contributed by atoms with Gasteiger partial charge in [0.1, 0.15) is 17.9 Å². The van der Waals surface area contributed by atoms with E-state index in [9.17, 15) is 19.5 Å². The molecular weight excluding hydrogens is 370 g/mol. The van der Waals surface area contributed by atoms with E-state index in [1.165, 1.54) is 26.4 Å². The average Bonchev–Trinajstić information content (AvgIpc) is 2.72. The molecule has 0 spiro atoms. The molecule has 1 aliphatic rings. The molecule has 0 amide bonds. The summed E-state index contributed by atoms with van der Waals surface area (Å²) in [6.45, 7) is -0.525. The number of benzene rings is 1. The van der Waals surface area contributed by atoms with Gasteiger partial charge in [-0.05, 0) is 17.7 Å². The zero-order valence-corrected chi connectivity index (χ0v) is 15.1. The first-order valence-corrected chi connectivity index (χ1v) is 8.13. The number of nitrogens with two attached hydrogens (primary N) is 1. The minimum Gasteiger partial charge on any atom is -0.465 e. The third-order valence-corrected chi connectivity index (χ3v) is 4.24. The molecule has 28 heavy (non-hydrogen) atoms. The molecule has 1 aliphatic heterocycles. The van der Waals surface area contributed by atoms with Gasteiger partial charge >= 0.3 is 11.9 Å². The number of hydrogen-bond donors (Lipinski definition) is 2. The summed E-state index contributed by atoms with van der Waals surface area (Å²) in [6, 6.07) is 7.19. The van der Waals surface area contributed by atoms with Gasteiger partial charge in [0.05, 0.1) is 25.7 Å². The van der Waals surface area contributed by atoms with Crippen LogP contribution in [0.2, 0.25) is 0 Å². The van der Waals surface area contributed by atoms with Crippen molar-refractivity contribution in [3.8, 4) is 5.75 Å². The highest BCUT2D eigenvalue weighted by Crippen LogP contribution is 2.41. The van der Waals surface area contributed by atoms with Gasteiger partial charge in [-0.25, -0.2) is 9.59 Å². The van der Waals surface area contributed by atoms with Gasteiger partial charge in [0.2, 0.25) is 17.1 Å². The van der Waals surface area contributed by atoms with E-state index in [4.69, 9.17) is 19.6 Å². The van der Waals surface area contributed by atoms with Crippen LogP contribution in [0.5, 0.6) is 5.75 Å². The number of rotatable bonds is 4. The smallest absolute Gasteiger partial charge is 0.340 e. The van der Waals surface area contributed by atoms with Crippen LogP contribution < -0.4 is 15.9 Å². The van der Waals surface area contributed by atoms with E-state index in [-0.39, 0.29) is 28.7 Å². The minimum atomic E-state index is -0.943. The van der Waals surface area contributed by atoms with Crippen LogP contribution in [0.3, 0.4) is 0 Å². The first kappa shape index (κ1) is 19.2. The Morgan fingerprint density at radius 2 is 1.79 bits per heavy atom. The number of methoxy groups -OCH3 is 2. The van der Waals surface area contributed by atoms with Crippen molar-refractivity contribution in [2.24, 2.45) is 5.73 Å². The SMILES string of the molecule is COC(=O)C1=C(N)Oc2c(oc(CO)cc2=O)[C@@H]1c1ccc(C(=O)OC)cc1. The van der Waals surface area contributed by atoms with E-state index in [1.54, 1.807) is 12.1 Å². The second-order valence-electron chi connectivity index (χ2n) is 5.85. The van der Waals surface area contributed by atoms with E-state index in [1.807, 2.05) is 0 Å². The second-order valence-corrected chi connectivity index (χ2v) is 5.85. The Morgan fingerprint density at radius 1 is 1.14 bits per heavy atom. The average molecular weight is 387 g/mol. The lowest BCUT2D eigenvalue weighted by molar-refractivity contribution is -0.136. The highest BCUT2D eigenvalue weighted by atomic mass is 16.5. The Kier molecular flexibility index (Phi) is 5.18. The summed E-state index contributed by atoms with van der Waals surface area (Å²) in [6.07, 6.45) is 0. The standard InChI is InChI=1S/C19H17NO8/c1-25-18(23)10-5-3-9(4-6-10)13-14(19(24)26-2)17(20)28-15-12(22)7-11(8-21)27-16(13)15/h3-7,13,21H,8,20H2,1-2H3/t13-/m1/s1. The summed E-state index contributed by atoms with van der Waals surface area (Å²) >= 11 is 0. The summed E-state index contributed by atoms with van der Waals surface area (Å²) in [5, 5.41) is 9.37. The van der Waals surface area contributed by atoms with Gasteiger partial charge in [-0.15, -0.1) is 0 Å². The molecule has 0 saturated carbocycles. The zero-order chi connectivity index (χ0) is 20.4. The number of aliphatic hydroxyl groups excluding tert-OH is 1. The van der Waals surface area contributed by atoms with E-state index in [0.717, 1.165) is 6.07 Å². The van der Waals surface area contributed by atoms with Crippen LogP contribution >= 0.6 is 0 Å². The van der Waals surface area contributed by atoms with E-state index < -0.39 is 29.9 Å². The first-order chi connectivity index (χ1) is 13.4. The third-order valence-electron chi connectivity index (χ3n) is 4.24. The van der Waals surface area contributed by atoms with Gasteiger partial charge in [0.25, 0.3) is 0 Å². The summed E-state index contributed by atoms with van der Waals surface area (Å²) in [4.78, 5) is 36.4. The van der Waals surface area contributed by atoms with Crippen molar-refractivity contribution in [3.63, 3.8) is 0 Å². The van der Waals surface area contributed by atoms with Crippen molar-refractivity contribution in [1.29, 1.82) is 0 Å². The summed E-state index contributed by atoms with van der Waals surface area (Å²) < 4.78 is 20.4. The molecule has 9 heteroatoms. The maximum Gasteiger partial charge on any atom is 0.340 e. The van der Waals surface area contributed by atoms with E-state index in [0.29, 0.717) is 11.1 Å². The highest BCUT2D eigenvalue weighted by Gasteiger charge is 2.39. The van der Waals surface area contributed by atoms with Gasteiger partial charge in [-0.1, -0.05) is 12.1 Å². The second kappa shape index (κ2) is 7.57. The molecule has 0 radical (unpaired) electrons.